The number of halogens is 1. The minimum atomic E-state index is 0.0000378. The predicted octanol–water partition coefficient (Wildman–Crippen LogP) is 4.09. The molecule has 3 aromatic rings. The van der Waals surface area contributed by atoms with E-state index in [0.717, 1.165) is 16.5 Å². The van der Waals surface area contributed by atoms with Crippen LogP contribution in [0.4, 0.5) is 0 Å². The van der Waals surface area contributed by atoms with Crippen molar-refractivity contribution in [1.82, 2.24) is 21.0 Å². The second kappa shape index (κ2) is 6.47. The lowest BCUT2D eigenvalue weighted by Gasteiger charge is -2.09. The van der Waals surface area contributed by atoms with E-state index in [1.165, 1.54) is 11.1 Å². The van der Waals surface area contributed by atoms with Crippen molar-refractivity contribution in [2.75, 3.05) is 0 Å². The highest BCUT2D eigenvalue weighted by Gasteiger charge is 2.30. The molecule has 24 heavy (non-hydrogen) atoms. The number of benzene rings is 2. The van der Waals surface area contributed by atoms with E-state index in [4.69, 9.17) is 4.52 Å². The van der Waals surface area contributed by atoms with Crippen molar-refractivity contribution in [3.8, 4) is 11.4 Å². The van der Waals surface area contributed by atoms with Crippen LogP contribution in [0.3, 0.4) is 0 Å². The van der Waals surface area contributed by atoms with Crippen LogP contribution in [0.1, 0.15) is 35.5 Å². The van der Waals surface area contributed by atoms with Crippen LogP contribution in [0, 0.1) is 6.92 Å². The van der Waals surface area contributed by atoms with Crippen LogP contribution < -0.4 is 10.9 Å². The van der Waals surface area contributed by atoms with Gasteiger partial charge in [-0.2, -0.15) is 4.98 Å². The summed E-state index contributed by atoms with van der Waals surface area (Å²) in [6.07, 6.45) is 0.853. The normalized spacial score (nSPS) is 20.4. The van der Waals surface area contributed by atoms with Gasteiger partial charge in [-0.3, -0.25) is 0 Å². The summed E-state index contributed by atoms with van der Waals surface area (Å²) in [5.74, 6) is 1.23. The lowest BCUT2D eigenvalue weighted by molar-refractivity contribution is 0.340. The van der Waals surface area contributed by atoms with Crippen molar-refractivity contribution in [3.63, 3.8) is 0 Å². The first-order valence-corrected chi connectivity index (χ1v) is 8.65. The molecule has 0 bridgehead atoms. The Morgan fingerprint density at radius 3 is 2.75 bits per heavy atom. The highest BCUT2D eigenvalue weighted by Crippen LogP contribution is 2.31. The molecule has 0 aliphatic carbocycles. The van der Waals surface area contributed by atoms with E-state index < -0.39 is 0 Å². The molecule has 0 radical (unpaired) electrons. The lowest BCUT2D eigenvalue weighted by Crippen LogP contribution is -2.26. The molecule has 0 amide bonds. The molecule has 0 saturated carbocycles. The number of nitrogens with one attached hydrogen (secondary N) is 2. The smallest absolute Gasteiger partial charge is 0.245 e. The molecule has 6 heteroatoms. The molecule has 2 unspecified atom stereocenters. The van der Waals surface area contributed by atoms with Gasteiger partial charge in [0.1, 0.15) is 6.04 Å². The molecule has 1 aromatic heterocycles. The van der Waals surface area contributed by atoms with Crippen LogP contribution in [0.5, 0.6) is 0 Å². The molecule has 2 heterocycles. The average molecular weight is 385 g/mol. The van der Waals surface area contributed by atoms with Crippen LogP contribution in [0.25, 0.3) is 11.4 Å². The zero-order valence-electron chi connectivity index (χ0n) is 13.2. The summed E-state index contributed by atoms with van der Waals surface area (Å²) in [6, 6.07) is 16.6. The molecule has 2 atom stereocenters. The third-order valence-corrected chi connectivity index (χ3v) is 4.66. The summed E-state index contributed by atoms with van der Waals surface area (Å²) in [4.78, 5) is 4.56. The first-order chi connectivity index (χ1) is 11.7. The molecule has 2 aromatic carbocycles. The zero-order chi connectivity index (χ0) is 16.5. The summed E-state index contributed by atoms with van der Waals surface area (Å²) in [5, 5.41) is 4.12. The Kier molecular flexibility index (Phi) is 4.18. The van der Waals surface area contributed by atoms with Gasteiger partial charge in [-0.25, -0.2) is 10.9 Å². The van der Waals surface area contributed by atoms with Crippen LogP contribution in [0.2, 0.25) is 0 Å². The minimum absolute atomic E-state index is 0.0000378. The van der Waals surface area contributed by atoms with Crippen LogP contribution in [-0.2, 0) is 0 Å². The number of rotatable bonds is 3. The van der Waals surface area contributed by atoms with Gasteiger partial charge >= 0.3 is 0 Å². The number of hydrogen-bond acceptors (Lipinski definition) is 5. The zero-order valence-corrected chi connectivity index (χ0v) is 14.7. The maximum atomic E-state index is 5.48. The summed E-state index contributed by atoms with van der Waals surface area (Å²) in [6.45, 7) is 2.05. The van der Waals surface area contributed by atoms with Crippen molar-refractivity contribution in [3.05, 3.63) is 70.0 Å². The van der Waals surface area contributed by atoms with Crippen molar-refractivity contribution < 1.29 is 4.52 Å². The highest BCUT2D eigenvalue weighted by molar-refractivity contribution is 9.10. The summed E-state index contributed by atoms with van der Waals surface area (Å²) in [7, 11) is 0. The van der Waals surface area contributed by atoms with Gasteiger partial charge in [0.2, 0.25) is 11.7 Å². The third kappa shape index (κ3) is 3.13. The fraction of sp³-hybridized carbons (Fsp3) is 0.222. The van der Waals surface area contributed by atoms with Crippen LogP contribution in [0.15, 0.2) is 57.5 Å². The lowest BCUT2D eigenvalue weighted by atomic mass is 10.0. The van der Waals surface area contributed by atoms with E-state index in [-0.39, 0.29) is 12.1 Å². The number of nitrogens with zero attached hydrogens (tertiary/aromatic N) is 2. The predicted molar refractivity (Wildman–Crippen MR) is 95.0 cm³/mol. The quantitative estimate of drug-likeness (QED) is 0.711. The van der Waals surface area contributed by atoms with Gasteiger partial charge in [-0.1, -0.05) is 57.0 Å². The van der Waals surface area contributed by atoms with Gasteiger partial charge in [0, 0.05) is 16.1 Å². The molecule has 5 nitrogen and oxygen atoms in total. The number of aromatic nitrogens is 2. The highest BCUT2D eigenvalue weighted by atomic mass is 79.9. The van der Waals surface area contributed by atoms with E-state index in [1.54, 1.807) is 0 Å². The third-order valence-electron chi connectivity index (χ3n) is 4.17. The van der Waals surface area contributed by atoms with Gasteiger partial charge in [0.05, 0.1) is 0 Å². The first-order valence-electron chi connectivity index (χ1n) is 7.86. The summed E-state index contributed by atoms with van der Waals surface area (Å²) >= 11 is 3.52. The number of hydrogen-bond donors (Lipinski definition) is 2. The second-order valence-electron chi connectivity index (χ2n) is 6.01. The Bertz CT molecular complexity index is 863. The topological polar surface area (TPSA) is 63.0 Å². The molecule has 1 saturated heterocycles. The van der Waals surface area contributed by atoms with Gasteiger partial charge in [-0.15, -0.1) is 0 Å². The van der Waals surface area contributed by atoms with Gasteiger partial charge < -0.3 is 4.52 Å². The van der Waals surface area contributed by atoms with E-state index in [0.29, 0.717) is 11.7 Å². The van der Waals surface area contributed by atoms with Crippen LogP contribution >= 0.6 is 15.9 Å². The second-order valence-corrected chi connectivity index (χ2v) is 6.93. The molecule has 0 spiro atoms. The van der Waals surface area contributed by atoms with Gasteiger partial charge in [0.25, 0.3) is 0 Å². The Morgan fingerprint density at radius 2 is 1.92 bits per heavy atom. The van der Waals surface area contributed by atoms with E-state index in [1.807, 2.05) is 24.3 Å². The minimum Gasteiger partial charge on any atom is -0.337 e. The molecule has 1 fully saturated rings. The number of aryl methyl sites for hydroxylation is 1. The van der Waals surface area contributed by atoms with Crippen molar-refractivity contribution in [2.45, 2.75) is 25.4 Å². The maximum absolute atomic E-state index is 5.48. The van der Waals surface area contributed by atoms with Crippen molar-refractivity contribution in [1.29, 1.82) is 0 Å². The monoisotopic (exact) mass is 384 g/mol. The molecular formula is C18H17BrN4O. The Balaban J connectivity index is 1.52. The van der Waals surface area contributed by atoms with E-state index >= 15 is 0 Å². The fourth-order valence-electron chi connectivity index (χ4n) is 2.94. The molecule has 1 aliphatic rings. The molecule has 4 rings (SSSR count). The maximum Gasteiger partial charge on any atom is 0.245 e. The van der Waals surface area contributed by atoms with Crippen LogP contribution in [-0.4, -0.2) is 10.1 Å². The van der Waals surface area contributed by atoms with Crippen molar-refractivity contribution >= 4 is 15.9 Å². The average Bonchev–Trinajstić information content (AvgIpc) is 3.24. The standard InChI is InChI=1S/C18H17BrN4O/c1-11-4-2-6-13(8-11)17-20-18(24-23-17)16-10-15(21-22-16)12-5-3-7-14(19)9-12/h2-9,15-16,21-22H,10H2,1H3. The number of hydrazine groups is 1. The van der Waals surface area contributed by atoms with Gasteiger partial charge in [0.15, 0.2) is 0 Å². The first kappa shape index (κ1) is 15.5. The molecular weight excluding hydrogens is 368 g/mol. The van der Waals surface area contributed by atoms with E-state index in [2.05, 4.69) is 68.1 Å². The Morgan fingerprint density at radius 1 is 1.08 bits per heavy atom. The van der Waals surface area contributed by atoms with Gasteiger partial charge in [-0.05, 0) is 37.1 Å². The molecule has 1 aliphatic heterocycles. The largest absolute Gasteiger partial charge is 0.337 e. The molecule has 122 valence electrons. The van der Waals surface area contributed by atoms with E-state index in [9.17, 15) is 0 Å². The SMILES string of the molecule is Cc1cccc(-c2noc(C3CC(c4cccc(Br)c4)NN3)n2)c1. The molecule has 2 N–H and O–H groups in total. The Hall–Kier alpha value is -2.02. The Labute approximate surface area is 148 Å². The fourth-order valence-corrected chi connectivity index (χ4v) is 3.36. The summed E-state index contributed by atoms with van der Waals surface area (Å²) < 4.78 is 6.55. The summed E-state index contributed by atoms with van der Waals surface area (Å²) in [5.41, 5.74) is 9.93. The van der Waals surface area contributed by atoms with Crippen molar-refractivity contribution in [2.24, 2.45) is 0 Å².